The van der Waals surface area contributed by atoms with Crippen molar-refractivity contribution < 1.29 is 19.1 Å². The monoisotopic (exact) mass is 419 g/mol. The number of nitrogens with zero attached hydrogens (tertiary/aromatic N) is 3. The van der Waals surface area contributed by atoms with Gasteiger partial charge in [0.2, 0.25) is 0 Å². The van der Waals surface area contributed by atoms with Crippen LogP contribution in [0.15, 0.2) is 48.5 Å². The summed E-state index contributed by atoms with van der Waals surface area (Å²) in [4.78, 5) is 29.9. The van der Waals surface area contributed by atoms with E-state index < -0.39 is 12.2 Å². The third kappa shape index (κ3) is 3.32. The highest BCUT2D eigenvalue weighted by atomic mass is 16.6. The van der Waals surface area contributed by atoms with E-state index >= 15 is 0 Å². The summed E-state index contributed by atoms with van der Waals surface area (Å²) in [6.45, 7) is 1.90. The van der Waals surface area contributed by atoms with Gasteiger partial charge in [0.1, 0.15) is 24.4 Å². The normalized spacial score (nSPS) is 21.0. The number of ether oxygens (including phenoxy) is 2. The van der Waals surface area contributed by atoms with Crippen molar-refractivity contribution in [3.05, 3.63) is 59.7 Å². The van der Waals surface area contributed by atoms with E-state index in [1.807, 2.05) is 29.2 Å². The largest absolute Gasteiger partial charge is 0.442 e. The first-order valence-electron chi connectivity index (χ1n) is 10.0. The van der Waals surface area contributed by atoms with Gasteiger partial charge in [-0.1, -0.05) is 18.2 Å². The van der Waals surface area contributed by atoms with Crippen LogP contribution in [0.25, 0.3) is 0 Å². The molecular weight excluding hydrogens is 398 g/mol. The minimum Gasteiger partial charge on any atom is -0.442 e. The van der Waals surface area contributed by atoms with E-state index in [0.29, 0.717) is 42.3 Å². The smallest absolute Gasteiger partial charge is 0.414 e. The Bertz CT molecular complexity index is 1050. The zero-order valence-corrected chi connectivity index (χ0v) is 16.7. The van der Waals surface area contributed by atoms with Crippen LogP contribution in [0.5, 0.6) is 0 Å². The summed E-state index contributed by atoms with van der Waals surface area (Å²) in [6, 6.07) is 14.4. The minimum atomic E-state index is -0.529. The molecule has 2 saturated heterocycles. The van der Waals surface area contributed by atoms with Crippen LogP contribution in [0.1, 0.15) is 15.9 Å². The summed E-state index contributed by atoms with van der Waals surface area (Å²) >= 11 is 0. The summed E-state index contributed by atoms with van der Waals surface area (Å²) in [5, 5.41) is 16.3. The Kier molecular flexibility index (Phi) is 4.67. The number of carbonyl (C=O) groups is 2. The molecule has 2 N–H and O–H groups in total. The molecule has 9 heteroatoms. The van der Waals surface area contributed by atoms with E-state index in [0.717, 1.165) is 5.69 Å². The van der Waals surface area contributed by atoms with E-state index in [-0.39, 0.29) is 24.9 Å². The molecule has 3 heterocycles. The number of rotatable bonds is 4. The van der Waals surface area contributed by atoms with Gasteiger partial charge in [0.05, 0.1) is 25.3 Å². The second-order valence-electron chi connectivity index (χ2n) is 7.59. The van der Waals surface area contributed by atoms with E-state index in [9.17, 15) is 9.59 Å². The Hall–Kier alpha value is -3.72. The van der Waals surface area contributed by atoms with Crippen LogP contribution in [0.4, 0.5) is 16.2 Å². The average molecular weight is 419 g/mol. The van der Waals surface area contributed by atoms with Gasteiger partial charge in [0, 0.05) is 23.5 Å². The maximum absolute atomic E-state index is 12.6. The molecule has 2 fully saturated rings. The number of amidine groups is 2. The van der Waals surface area contributed by atoms with E-state index in [4.69, 9.17) is 20.3 Å². The fraction of sp³-hybridized carbons (Fsp3) is 0.273. The third-order valence-corrected chi connectivity index (χ3v) is 5.68. The quantitative estimate of drug-likeness (QED) is 0.790. The van der Waals surface area contributed by atoms with Gasteiger partial charge in [-0.3, -0.25) is 25.4 Å². The molecule has 2 aromatic carbocycles. The summed E-state index contributed by atoms with van der Waals surface area (Å²) in [7, 11) is 0. The highest BCUT2D eigenvalue weighted by Crippen LogP contribution is 2.28. The molecule has 0 aliphatic carbocycles. The molecule has 5 rings (SSSR count). The number of anilines is 2. The van der Waals surface area contributed by atoms with Gasteiger partial charge in [-0.25, -0.2) is 4.79 Å². The van der Waals surface area contributed by atoms with Crippen LogP contribution in [-0.4, -0.2) is 67.5 Å². The summed E-state index contributed by atoms with van der Waals surface area (Å²) < 4.78 is 10.8. The third-order valence-electron chi connectivity index (χ3n) is 5.68. The van der Waals surface area contributed by atoms with Crippen LogP contribution in [0, 0.1) is 10.8 Å². The number of morpholine rings is 1. The summed E-state index contributed by atoms with van der Waals surface area (Å²) in [5.74, 6) is 0.290. The molecule has 0 aromatic heterocycles. The summed E-state index contributed by atoms with van der Waals surface area (Å²) in [6.07, 6.45) is -1.01. The van der Waals surface area contributed by atoms with Crippen molar-refractivity contribution in [2.75, 3.05) is 42.6 Å². The average Bonchev–Trinajstić information content (AvgIpc) is 3.27. The molecule has 0 unspecified atom stereocenters. The van der Waals surface area contributed by atoms with Gasteiger partial charge in [-0.05, 0) is 30.3 Å². The number of cyclic esters (lactones) is 1. The molecule has 3 aliphatic heterocycles. The molecule has 1 atom stereocenters. The first kappa shape index (κ1) is 19.3. The van der Waals surface area contributed by atoms with Crippen LogP contribution in [-0.2, 0) is 9.47 Å². The maximum Gasteiger partial charge on any atom is 0.414 e. The highest BCUT2D eigenvalue weighted by molar-refractivity contribution is 6.22. The Balaban J connectivity index is 1.27. The van der Waals surface area contributed by atoms with Gasteiger partial charge in [0.15, 0.2) is 0 Å². The van der Waals surface area contributed by atoms with Gasteiger partial charge >= 0.3 is 6.09 Å². The number of benzene rings is 2. The Morgan fingerprint density at radius 1 is 0.935 bits per heavy atom. The van der Waals surface area contributed by atoms with Crippen molar-refractivity contribution in [2.45, 2.75) is 6.10 Å². The lowest BCUT2D eigenvalue weighted by molar-refractivity contribution is 0.0781. The number of hydrogen-bond donors (Lipinski definition) is 2. The van der Waals surface area contributed by atoms with E-state index in [1.54, 1.807) is 24.3 Å². The molecule has 0 saturated carbocycles. The van der Waals surface area contributed by atoms with E-state index in [1.165, 1.54) is 9.80 Å². The fourth-order valence-electron chi connectivity index (χ4n) is 4.11. The van der Waals surface area contributed by atoms with Crippen LogP contribution < -0.4 is 9.80 Å². The number of amides is 2. The van der Waals surface area contributed by atoms with Crippen molar-refractivity contribution in [3.8, 4) is 0 Å². The molecule has 158 valence electrons. The lowest BCUT2D eigenvalue weighted by Crippen LogP contribution is -2.41. The lowest BCUT2D eigenvalue weighted by Gasteiger charge is -2.29. The number of hydrogen-bond acceptors (Lipinski definition) is 6. The standard InChI is InChI=1S/C22H21N5O4/c23-19-13-30-10-9-25(19)14-5-7-15(8-6-14)26-11-16(31-22(26)29)12-27-20(24)17-3-1-2-4-18(17)21(27)28/h1-8,16,23-24H,9-13H2/t16-/m1/s1. The predicted molar refractivity (Wildman–Crippen MR) is 114 cm³/mol. The Morgan fingerprint density at radius 2 is 1.61 bits per heavy atom. The van der Waals surface area contributed by atoms with Gasteiger partial charge in [0.25, 0.3) is 5.91 Å². The van der Waals surface area contributed by atoms with E-state index in [2.05, 4.69) is 0 Å². The Morgan fingerprint density at radius 3 is 2.29 bits per heavy atom. The van der Waals surface area contributed by atoms with Crippen LogP contribution >= 0.6 is 0 Å². The maximum atomic E-state index is 12.6. The second kappa shape index (κ2) is 7.51. The molecule has 2 aromatic rings. The molecule has 2 amide bonds. The van der Waals surface area contributed by atoms with Gasteiger partial charge in [-0.15, -0.1) is 0 Å². The molecule has 3 aliphatic rings. The Labute approximate surface area is 178 Å². The van der Waals surface area contributed by atoms with Crippen molar-refractivity contribution >= 4 is 35.0 Å². The van der Waals surface area contributed by atoms with Gasteiger partial charge < -0.3 is 14.4 Å². The second-order valence-corrected chi connectivity index (χ2v) is 7.59. The first-order chi connectivity index (χ1) is 15.0. The van der Waals surface area contributed by atoms with Crippen molar-refractivity contribution in [3.63, 3.8) is 0 Å². The minimum absolute atomic E-state index is 0.132. The highest BCUT2D eigenvalue weighted by Gasteiger charge is 2.39. The van der Waals surface area contributed by atoms with Crippen LogP contribution in [0.2, 0.25) is 0 Å². The van der Waals surface area contributed by atoms with Crippen molar-refractivity contribution in [2.24, 2.45) is 0 Å². The molecule has 0 spiro atoms. The van der Waals surface area contributed by atoms with Gasteiger partial charge in [-0.2, -0.15) is 0 Å². The van der Waals surface area contributed by atoms with Crippen molar-refractivity contribution in [1.82, 2.24) is 4.90 Å². The number of carbonyl (C=O) groups excluding carboxylic acids is 2. The summed E-state index contributed by atoms with van der Waals surface area (Å²) in [5.41, 5.74) is 2.65. The zero-order chi connectivity index (χ0) is 21.5. The molecule has 31 heavy (non-hydrogen) atoms. The lowest BCUT2D eigenvalue weighted by atomic mass is 10.1. The first-order valence-corrected chi connectivity index (χ1v) is 10.0. The zero-order valence-electron chi connectivity index (χ0n) is 16.7. The van der Waals surface area contributed by atoms with Crippen LogP contribution in [0.3, 0.4) is 0 Å². The predicted octanol–water partition coefficient (Wildman–Crippen LogP) is 2.31. The molecule has 9 nitrogen and oxygen atoms in total. The van der Waals surface area contributed by atoms with Crippen molar-refractivity contribution in [1.29, 1.82) is 10.8 Å². The SMILES string of the molecule is N=C1c2ccccc2C(=O)N1C[C@H]1CN(c2ccc(N3CCOCC3=N)cc2)C(=O)O1. The molecular formula is C22H21N5O4. The molecule has 0 radical (unpaired) electrons. The number of nitrogens with one attached hydrogen (secondary N) is 2. The number of fused-ring (bicyclic) bond motifs is 1. The molecule has 0 bridgehead atoms. The topological polar surface area (TPSA) is 110 Å². The fourth-order valence-corrected chi connectivity index (χ4v) is 4.11.